The summed E-state index contributed by atoms with van der Waals surface area (Å²) in [6.07, 6.45) is 5.64. The summed E-state index contributed by atoms with van der Waals surface area (Å²) in [5.41, 5.74) is 1.53. The summed E-state index contributed by atoms with van der Waals surface area (Å²) >= 11 is 1.55. The first-order valence-electron chi connectivity index (χ1n) is 9.58. The Hall–Kier alpha value is -2.61. The number of aromatic nitrogens is 1. The summed E-state index contributed by atoms with van der Waals surface area (Å²) < 4.78 is 10.5. The Labute approximate surface area is 167 Å². The average molecular weight is 401 g/mol. The highest BCUT2D eigenvalue weighted by atomic mass is 32.1. The van der Waals surface area contributed by atoms with Crippen LogP contribution in [-0.4, -0.2) is 30.1 Å². The molecule has 0 saturated heterocycles. The van der Waals surface area contributed by atoms with Crippen molar-refractivity contribution in [3.8, 4) is 11.5 Å². The van der Waals surface area contributed by atoms with E-state index in [2.05, 4.69) is 22.5 Å². The number of carbonyl (C=O) groups is 2. The van der Waals surface area contributed by atoms with Crippen molar-refractivity contribution in [2.24, 2.45) is 5.92 Å². The molecule has 1 aliphatic heterocycles. The second-order valence-electron chi connectivity index (χ2n) is 7.09. The Balaban J connectivity index is 1.30. The van der Waals surface area contributed by atoms with Crippen LogP contribution in [-0.2, 0) is 17.6 Å². The zero-order valence-corrected chi connectivity index (χ0v) is 16.6. The molecule has 1 aliphatic carbocycles. The number of hydrogen-bond donors (Lipinski definition) is 2. The van der Waals surface area contributed by atoms with Gasteiger partial charge in [0.15, 0.2) is 16.6 Å². The summed E-state index contributed by atoms with van der Waals surface area (Å²) in [6.45, 7) is 2.25. The van der Waals surface area contributed by atoms with Crippen LogP contribution < -0.4 is 20.1 Å². The summed E-state index contributed by atoms with van der Waals surface area (Å²) in [7, 11) is 0. The Morgan fingerprint density at radius 2 is 2.14 bits per heavy atom. The molecule has 4 rings (SSSR count). The monoisotopic (exact) mass is 401 g/mol. The van der Waals surface area contributed by atoms with Gasteiger partial charge in [-0.05, 0) is 43.4 Å². The lowest BCUT2D eigenvalue weighted by Gasteiger charge is -2.19. The summed E-state index contributed by atoms with van der Waals surface area (Å²) in [4.78, 5) is 30.3. The van der Waals surface area contributed by atoms with Gasteiger partial charge in [-0.3, -0.25) is 9.59 Å². The van der Waals surface area contributed by atoms with Gasteiger partial charge >= 0.3 is 0 Å². The van der Waals surface area contributed by atoms with E-state index in [1.54, 1.807) is 29.5 Å². The molecule has 1 aromatic heterocycles. The third-order valence-corrected chi connectivity index (χ3v) is 6.06. The lowest BCUT2D eigenvalue weighted by atomic mass is 9.88. The second kappa shape index (κ2) is 8.18. The minimum Gasteiger partial charge on any atom is -0.454 e. The molecule has 28 heavy (non-hydrogen) atoms. The number of ether oxygens (including phenoxy) is 2. The van der Waals surface area contributed by atoms with Gasteiger partial charge < -0.3 is 20.1 Å². The summed E-state index contributed by atoms with van der Waals surface area (Å²) in [5, 5.41) is 6.04. The van der Waals surface area contributed by atoms with Crippen molar-refractivity contribution in [2.75, 3.05) is 18.7 Å². The smallest absolute Gasteiger partial charge is 0.251 e. The fraction of sp³-hybridized carbons (Fsp3) is 0.450. The van der Waals surface area contributed by atoms with Crippen LogP contribution >= 0.6 is 11.3 Å². The minimum absolute atomic E-state index is 0.115. The number of anilines is 1. The average Bonchev–Trinajstić information content (AvgIpc) is 3.31. The predicted octanol–water partition coefficient (Wildman–Crippen LogP) is 3.15. The molecule has 2 aromatic rings. The number of hydrogen-bond acceptors (Lipinski definition) is 6. The molecule has 0 radical (unpaired) electrons. The predicted molar refractivity (Wildman–Crippen MR) is 106 cm³/mol. The Morgan fingerprint density at radius 3 is 3.00 bits per heavy atom. The van der Waals surface area contributed by atoms with E-state index >= 15 is 0 Å². The van der Waals surface area contributed by atoms with E-state index in [9.17, 15) is 9.59 Å². The molecule has 2 N–H and O–H groups in total. The fourth-order valence-corrected chi connectivity index (χ4v) is 4.75. The molecular weight excluding hydrogens is 378 g/mol. The van der Waals surface area contributed by atoms with Gasteiger partial charge in [-0.1, -0.05) is 19.8 Å². The zero-order valence-electron chi connectivity index (χ0n) is 15.7. The number of thiazole rings is 1. The molecular formula is C20H23N3O4S. The molecule has 0 spiro atoms. The van der Waals surface area contributed by atoms with Crippen molar-refractivity contribution in [2.45, 2.75) is 39.0 Å². The highest BCUT2D eigenvalue weighted by Gasteiger charge is 2.23. The van der Waals surface area contributed by atoms with Crippen LogP contribution in [0.15, 0.2) is 18.2 Å². The topological polar surface area (TPSA) is 89.6 Å². The first kappa shape index (κ1) is 18.7. The molecule has 0 bridgehead atoms. The summed E-state index contributed by atoms with van der Waals surface area (Å²) in [5.74, 6) is 1.25. The highest BCUT2D eigenvalue weighted by molar-refractivity contribution is 7.15. The normalized spacial score (nSPS) is 17.1. The molecule has 1 atom stereocenters. The van der Waals surface area contributed by atoms with E-state index < -0.39 is 0 Å². The van der Waals surface area contributed by atoms with E-state index in [1.807, 2.05) is 0 Å². The summed E-state index contributed by atoms with van der Waals surface area (Å²) in [6, 6.07) is 4.93. The maximum Gasteiger partial charge on any atom is 0.251 e. The molecule has 148 valence electrons. The van der Waals surface area contributed by atoms with E-state index in [-0.39, 0.29) is 25.2 Å². The quantitative estimate of drug-likeness (QED) is 0.776. The van der Waals surface area contributed by atoms with Crippen LogP contribution in [0, 0.1) is 5.92 Å². The standard InChI is InChI=1S/C20H23N3O4S/c1-2-3-12-4-6-14-17(8-12)28-20(22-14)23-18(24)10-21-19(25)13-5-7-15-16(9-13)27-11-26-15/h5,7,9,12H,2-4,6,8,10-11H2,1H3,(H,21,25)(H,22,23,24). The molecule has 1 unspecified atom stereocenters. The van der Waals surface area contributed by atoms with Crippen molar-refractivity contribution in [3.63, 3.8) is 0 Å². The fourth-order valence-electron chi connectivity index (χ4n) is 3.62. The van der Waals surface area contributed by atoms with Crippen LogP contribution in [0.1, 0.15) is 47.1 Å². The number of rotatable bonds is 6. The van der Waals surface area contributed by atoms with Crippen LogP contribution in [0.4, 0.5) is 5.13 Å². The SMILES string of the molecule is CCCC1CCc2nc(NC(=O)CNC(=O)c3ccc4c(c3)OCO4)sc2C1. The van der Waals surface area contributed by atoms with Crippen molar-refractivity contribution >= 4 is 28.3 Å². The molecule has 0 fully saturated rings. The Morgan fingerprint density at radius 1 is 1.29 bits per heavy atom. The van der Waals surface area contributed by atoms with Crippen LogP contribution in [0.2, 0.25) is 0 Å². The third-order valence-electron chi connectivity index (χ3n) is 5.03. The molecule has 1 aromatic carbocycles. The van der Waals surface area contributed by atoms with Gasteiger partial charge in [0, 0.05) is 10.4 Å². The van der Waals surface area contributed by atoms with Gasteiger partial charge in [0.05, 0.1) is 12.2 Å². The van der Waals surface area contributed by atoms with Gasteiger partial charge in [0.25, 0.3) is 5.91 Å². The van der Waals surface area contributed by atoms with Crippen LogP contribution in [0.25, 0.3) is 0 Å². The van der Waals surface area contributed by atoms with Gasteiger partial charge in [0.2, 0.25) is 12.7 Å². The lowest BCUT2D eigenvalue weighted by Crippen LogP contribution is -2.32. The molecule has 2 aliphatic rings. The molecule has 2 amide bonds. The van der Waals surface area contributed by atoms with Crippen LogP contribution in [0.5, 0.6) is 11.5 Å². The Bertz CT molecular complexity index is 896. The van der Waals surface area contributed by atoms with Gasteiger partial charge in [-0.25, -0.2) is 4.98 Å². The number of benzene rings is 1. The number of nitrogens with one attached hydrogen (secondary N) is 2. The largest absolute Gasteiger partial charge is 0.454 e. The Kier molecular flexibility index (Phi) is 5.47. The maximum absolute atomic E-state index is 12.3. The first-order valence-corrected chi connectivity index (χ1v) is 10.4. The van der Waals surface area contributed by atoms with Gasteiger partial charge in [-0.15, -0.1) is 11.3 Å². The number of carbonyl (C=O) groups excluding carboxylic acids is 2. The number of amides is 2. The molecule has 7 nitrogen and oxygen atoms in total. The van der Waals surface area contributed by atoms with Crippen molar-refractivity contribution in [3.05, 3.63) is 34.3 Å². The second-order valence-corrected chi connectivity index (χ2v) is 8.17. The van der Waals surface area contributed by atoms with Gasteiger partial charge in [-0.2, -0.15) is 0 Å². The van der Waals surface area contributed by atoms with E-state index in [1.165, 1.54) is 24.1 Å². The van der Waals surface area contributed by atoms with E-state index in [0.717, 1.165) is 24.5 Å². The van der Waals surface area contributed by atoms with Crippen molar-refractivity contribution in [1.82, 2.24) is 10.3 Å². The first-order chi connectivity index (χ1) is 13.6. The van der Waals surface area contributed by atoms with E-state index in [0.29, 0.717) is 22.2 Å². The van der Waals surface area contributed by atoms with E-state index in [4.69, 9.17) is 9.47 Å². The maximum atomic E-state index is 12.3. The number of fused-ring (bicyclic) bond motifs is 2. The van der Waals surface area contributed by atoms with Crippen molar-refractivity contribution < 1.29 is 19.1 Å². The zero-order chi connectivity index (χ0) is 19.5. The lowest BCUT2D eigenvalue weighted by molar-refractivity contribution is -0.115. The third kappa shape index (κ3) is 4.11. The minimum atomic E-state index is -0.339. The molecule has 8 heteroatoms. The van der Waals surface area contributed by atoms with Crippen molar-refractivity contribution in [1.29, 1.82) is 0 Å². The highest BCUT2D eigenvalue weighted by Crippen LogP contribution is 2.34. The molecule has 2 heterocycles. The van der Waals surface area contributed by atoms with Crippen LogP contribution in [0.3, 0.4) is 0 Å². The number of nitrogens with zero attached hydrogens (tertiary/aromatic N) is 1. The van der Waals surface area contributed by atoms with Gasteiger partial charge in [0.1, 0.15) is 0 Å². The number of aryl methyl sites for hydroxylation is 1. The molecule has 0 saturated carbocycles.